The minimum absolute atomic E-state index is 0.345. The summed E-state index contributed by atoms with van der Waals surface area (Å²) in [4.78, 5) is 11.2. The highest BCUT2D eigenvalue weighted by molar-refractivity contribution is 5.82. The third-order valence-electron chi connectivity index (χ3n) is 2.37. The molecule has 0 amide bonds. The van der Waals surface area contributed by atoms with E-state index in [1.807, 2.05) is 17.8 Å². The molecule has 64 valence electrons. The van der Waals surface area contributed by atoms with Crippen molar-refractivity contribution in [2.75, 3.05) is 0 Å². The molecule has 1 aromatic heterocycles. The standard InChI is InChI=1S/C9H12N2O/c1-2-11-9-5-8(12)4-3-7(9)6-10-11/h6H,2-5H2,1H3. The van der Waals surface area contributed by atoms with Gasteiger partial charge in [-0.05, 0) is 18.9 Å². The van der Waals surface area contributed by atoms with Crippen molar-refractivity contribution in [3.8, 4) is 0 Å². The molecule has 0 fully saturated rings. The van der Waals surface area contributed by atoms with E-state index in [1.54, 1.807) is 0 Å². The average molecular weight is 164 g/mol. The molecule has 1 heterocycles. The minimum atomic E-state index is 0.345. The Bertz CT molecular complexity index is 301. The predicted molar refractivity (Wildman–Crippen MR) is 44.9 cm³/mol. The predicted octanol–water partition coefficient (Wildman–Crippen LogP) is 0.961. The van der Waals surface area contributed by atoms with Gasteiger partial charge in [0.05, 0.1) is 6.20 Å². The van der Waals surface area contributed by atoms with Crippen LogP contribution in [0.2, 0.25) is 0 Å². The van der Waals surface area contributed by atoms with Gasteiger partial charge in [0, 0.05) is 25.1 Å². The maximum Gasteiger partial charge on any atom is 0.139 e. The lowest BCUT2D eigenvalue weighted by atomic mass is 9.97. The number of aromatic nitrogens is 2. The fraction of sp³-hybridized carbons (Fsp3) is 0.556. The van der Waals surface area contributed by atoms with Crippen LogP contribution in [0.1, 0.15) is 24.6 Å². The molecule has 0 saturated heterocycles. The van der Waals surface area contributed by atoms with Gasteiger partial charge in [0.2, 0.25) is 0 Å². The molecule has 3 heteroatoms. The first-order valence-corrected chi connectivity index (χ1v) is 4.36. The number of hydrogen-bond donors (Lipinski definition) is 0. The first kappa shape index (κ1) is 7.53. The molecule has 0 spiro atoms. The molecule has 1 aromatic rings. The van der Waals surface area contributed by atoms with E-state index in [4.69, 9.17) is 0 Å². The molecule has 0 saturated carbocycles. The van der Waals surface area contributed by atoms with Crippen LogP contribution in [-0.2, 0) is 24.2 Å². The molecular formula is C9H12N2O. The molecular weight excluding hydrogens is 152 g/mol. The fourth-order valence-corrected chi connectivity index (χ4v) is 1.68. The minimum Gasteiger partial charge on any atom is -0.299 e. The second-order valence-electron chi connectivity index (χ2n) is 3.15. The van der Waals surface area contributed by atoms with Crippen molar-refractivity contribution in [1.82, 2.24) is 9.78 Å². The molecule has 3 nitrogen and oxygen atoms in total. The second-order valence-corrected chi connectivity index (χ2v) is 3.15. The zero-order chi connectivity index (χ0) is 8.55. The van der Waals surface area contributed by atoms with Crippen LogP contribution in [0.3, 0.4) is 0 Å². The fourth-order valence-electron chi connectivity index (χ4n) is 1.68. The Hall–Kier alpha value is -1.12. The lowest BCUT2D eigenvalue weighted by molar-refractivity contribution is -0.118. The van der Waals surface area contributed by atoms with Gasteiger partial charge < -0.3 is 0 Å². The Labute approximate surface area is 71.4 Å². The number of Topliss-reactive ketones (excluding diaryl/α,β-unsaturated/α-hetero) is 1. The number of aryl methyl sites for hydroxylation is 2. The van der Waals surface area contributed by atoms with Crippen LogP contribution in [0.4, 0.5) is 0 Å². The second kappa shape index (κ2) is 2.73. The summed E-state index contributed by atoms with van der Waals surface area (Å²) >= 11 is 0. The Kier molecular flexibility index (Phi) is 1.71. The summed E-state index contributed by atoms with van der Waals surface area (Å²) < 4.78 is 1.92. The van der Waals surface area contributed by atoms with Gasteiger partial charge in [-0.15, -0.1) is 0 Å². The van der Waals surface area contributed by atoms with Crippen molar-refractivity contribution in [2.45, 2.75) is 32.7 Å². The van der Waals surface area contributed by atoms with Crippen molar-refractivity contribution in [3.05, 3.63) is 17.5 Å². The zero-order valence-corrected chi connectivity index (χ0v) is 7.21. The zero-order valence-electron chi connectivity index (χ0n) is 7.21. The molecule has 2 rings (SSSR count). The normalized spacial score (nSPS) is 16.2. The van der Waals surface area contributed by atoms with E-state index in [9.17, 15) is 4.79 Å². The number of rotatable bonds is 1. The van der Waals surface area contributed by atoms with Crippen LogP contribution in [0.15, 0.2) is 6.20 Å². The van der Waals surface area contributed by atoms with Crippen LogP contribution in [-0.4, -0.2) is 15.6 Å². The molecule has 0 aromatic carbocycles. The summed E-state index contributed by atoms with van der Waals surface area (Å²) in [6, 6.07) is 0. The van der Waals surface area contributed by atoms with Gasteiger partial charge in [-0.2, -0.15) is 5.10 Å². The Balaban J connectivity index is 2.40. The van der Waals surface area contributed by atoms with Crippen molar-refractivity contribution in [2.24, 2.45) is 0 Å². The topological polar surface area (TPSA) is 34.9 Å². The van der Waals surface area contributed by atoms with Gasteiger partial charge in [-0.25, -0.2) is 0 Å². The largest absolute Gasteiger partial charge is 0.299 e. The molecule has 0 atom stereocenters. The van der Waals surface area contributed by atoms with Gasteiger partial charge in [0.15, 0.2) is 0 Å². The lowest BCUT2D eigenvalue weighted by Gasteiger charge is -2.11. The summed E-state index contributed by atoms with van der Waals surface area (Å²) in [6.45, 7) is 2.91. The van der Waals surface area contributed by atoms with Crippen LogP contribution in [0.5, 0.6) is 0 Å². The Morgan fingerprint density at radius 1 is 1.58 bits per heavy atom. The maximum atomic E-state index is 11.2. The summed E-state index contributed by atoms with van der Waals surface area (Å²) in [7, 11) is 0. The summed E-state index contributed by atoms with van der Waals surface area (Å²) in [6.07, 6.45) is 4.06. The molecule has 0 unspecified atom stereocenters. The SMILES string of the molecule is CCn1ncc2c1CC(=O)CC2. The summed E-state index contributed by atoms with van der Waals surface area (Å²) in [5.41, 5.74) is 2.39. The molecule has 12 heavy (non-hydrogen) atoms. The van der Waals surface area contributed by atoms with Crippen LogP contribution in [0, 0.1) is 0 Å². The van der Waals surface area contributed by atoms with E-state index >= 15 is 0 Å². The third kappa shape index (κ3) is 1.05. The van der Waals surface area contributed by atoms with E-state index in [0.29, 0.717) is 18.6 Å². The number of ketones is 1. The number of hydrogen-bond acceptors (Lipinski definition) is 2. The molecule has 0 radical (unpaired) electrons. The number of carbonyl (C=O) groups is 1. The van der Waals surface area contributed by atoms with Crippen LogP contribution in [0.25, 0.3) is 0 Å². The molecule has 0 N–H and O–H groups in total. The van der Waals surface area contributed by atoms with Crippen LogP contribution < -0.4 is 0 Å². The van der Waals surface area contributed by atoms with Gasteiger partial charge in [0.25, 0.3) is 0 Å². The van der Waals surface area contributed by atoms with Gasteiger partial charge in [-0.3, -0.25) is 9.48 Å². The molecule has 0 aliphatic heterocycles. The molecule has 1 aliphatic carbocycles. The van der Waals surface area contributed by atoms with E-state index in [0.717, 1.165) is 18.7 Å². The van der Waals surface area contributed by atoms with Crippen molar-refractivity contribution < 1.29 is 4.79 Å². The van der Waals surface area contributed by atoms with Crippen LogP contribution >= 0.6 is 0 Å². The quantitative estimate of drug-likeness (QED) is 0.619. The third-order valence-corrected chi connectivity index (χ3v) is 2.37. The van der Waals surface area contributed by atoms with Gasteiger partial charge >= 0.3 is 0 Å². The number of carbonyl (C=O) groups excluding carboxylic acids is 1. The summed E-state index contributed by atoms with van der Waals surface area (Å²) in [5, 5.41) is 4.22. The lowest BCUT2D eigenvalue weighted by Crippen LogP contribution is -2.16. The smallest absolute Gasteiger partial charge is 0.139 e. The van der Waals surface area contributed by atoms with Crippen molar-refractivity contribution in [3.63, 3.8) is 0 Å². The first-order valence-electron chi connectivity index (χ1n) is 4.36. The van der Waals surface area contributed by atoms with E-state index < -0.39 is 0 Å². The van der Waals surface area contributed by atoms with Gasteiger partial charge in [0.1, 0.15) is 5.78 Å². The summed E-state index contributed by atoms with van der Waals surface area (Å²) in [5.74, 6) is 0.345. The monoisotopic (exact) mass is 164 g/mol. The highest BCUT2D eigenvalue weighted by Crippen LogP contribution is 2.18. The van der Waals surface area contributed by atoms with E-state index in [1.165, 1.54) is 5.56 Å². The molecule has 0 bridgehead atoms. The van der Waals surface area contributed by atoms with Crippen molar-refractivity contribution in [1.29, 1.82) is 0 Å². The number of fused-ring (bicyclic) bond motifs is 1. The van der Waals surface area contributed by atoms with Gasteiger partial charge in [-0.1, -0.05) is 0 Å². The maximum absolute atomic E-state index is 11.2. The van der Waals surface area contributed by atoms with E-state index in [2.05, 4.69) is 5.10 Å². The van der Waals surface area contributed by atoms with E-state index in [-0.39, 0.29) is 0 Å². The number of nitrogens with zero attached hydrogens (tertiary/aromatic N) is 2. The Morgan fingerprint density at radius 2 is 2.42 bits per heavy atom. The first-order chi connectivity index (χ1) is 5.81. The van der Waals surface area contributed by atoms with Crippen molar-refractivity contribution >= 4 is 5.78 Å². The highest BCUT2D eigenvalue weighted by atomic mass is 16.1. The average Bonchev–Trinajstić information content (AvgIpc) is 2.46. The highest BCUT2D eigenvalue weighted by Gasteiger charge is 2.19. The molecule has 1 aliphatic rings. The Morgan fingerprint density at radius 3 is 3.17 bits per heavy atom.